The van der Waals surface area contributed by atoms with Crippen LogP contribution in [0.4, 0.5) is 4.39 Å². The number of rotatable bonds is 18. The molecule has 0 spiro atoms. The maximum absolute atomic E-state index is 13.2. The molecule has 16 heteroatoms. The minimum atomic E-state index is -0.362. The number of aryl methyl sites for hydroxylation is 4. The van der Waals surface area contributed by atoms with E-state index in [1.54, 1.807) is 56.9 Å². The number of hydrogen-bond donors (Lipinski definition) is 4. The summed E-state index contributed by atoms with van der Waals surface area (Å²) in [6.07, 6.45) is 12.1. The predicted octanol–water partition coefficient (Wildman–Crippen LogP) is 22.5. The van der Waals surface area contributed by atoms with Crippen LogP contribution in [0.1, 0.15) is 91.5 Å². The third-order valence-electron chi connectivity index (χ3n) is 19.2. The van der Waals surface area contributed by atoms with Crippen LogP contribution < -0.4 is 10.6 Å². The highest BCUT2D eigenvalue weighted by molar-refractivity contribution is 7.98. The van der Waals surface area contributed by atoms with Gasteiger partial charge in [-0.15, -0.1) is 29.7 Å². The first-order valence-electron chi connectivity index (χ1n) is 36.8. The van der Waals surface area contributed by atoms with Crippen LogP contribution >= 0.6 is 23.1 Å². The highest BCUT2D eigenvalue weighted by atomic mass is 32.2. The minimum Gasteiger partial charge on any atom is -0.349 e. The first-order valence-corrected chi connectivity index (χ1v) is 38.9. The Morgan fingerprint density at radius 1 is 0.500 bits per heavy atom. The Hall–Kier alpha value is -12.6. The number of imidazole rings is 2. The molecule has 16 rings (SSSR count). The zero-order chi connectivity index (χ0) is 76.5. The normalized spacial score (nSPS) is 12.9. The van der Waals surface area contributed by atoms with Crippen LogP contribution in [0, 0.1) is 39.4 Å². The zero-order valence-corrected chi connectivity index (χ0v) is 63.9. The summed E-state index contributed by atoms with van der Waals surface area (Å²) in [6.45, 7) is 14.6. The minimum absolute atomic E-state index is 0.0191. The second-order valence-corrected chi connectivity index (χ2v) is 29.1. The van der Waals surface area contributed by atoms with E-state index in [9.17, 15) is 18.8 Å². The molecule has 2 unspecified atom stereocenters. The number of nitrogens with one attached hydrogen (secondary N) is 4. The molecule has 4 N–H and O–H groups in total. The Labute approximate surface area is 650 Å². The number of ketones is 1. The van der Waals surface area contributed by atoms with E-state index in [0.29, 0.717) is 40.4 Å². The van der Waals surface area contributed by atoms with Gasteiger partial charge in [-0.3, -0.25) is 14.4 Å². The summed E-state index contributed by atoms with van der Waals surface area (Å²) in [4.78, 5) is 57.5. The average Bonchev–Trinajstić information content (AvgIpc) is 1.65. The van der Waals surface area contributed by atoms with Crippen molar-refractivity contribution >= 4 is 40.7 Å². The quantitative estimate of drug-likeness (QED) is 0.0374. The second kappa shape index (κ2) is 35.8. The molecular weight excluding hydrogens is 1400 g/mol. The van der Waals surface area contributed by atoms with Gasteiger partial charge in [0.15, 0.2) is 5.78 Å². The van der Waals surface area contributed by atoms with Crippen LogP contribution in [0.15, 0.2) is 308 Å². The van der Waals surface area contributed by atoms with Gasteiger partial charge in [-0.25, -0.2) is 23.7 Å². The number of nitrogens with zero attached hydrogens (tertiary/aromatic N) is 6. The molecule has 2 amide bonds. The Kier molecular flexibility index (Phi) is 24.6. The number of amides is 2. The molecule has 15 aromatic rings. The molecule has 2 atom stereocenters. The van der Waals surface area contributed by atoms with E-state index in [1.807, 2.05) is 170 Å². The topological polar surface area (TPSA) is 168 Å². The van der Waals surface area contributed by atoms with Crippen LogP contribution in [-0.2, 0) is 0 Å². The molecule has 5 aromatic heterocycles. The highest BCUT2D eigenvalue weighted by Crippen LogP contribution is 2.37. The van der Waals surface area contributed by atoms with E-state index in [-0.39, 0.29) is 29.5 Å². The van der Waals surface area contributed by atoms with Gasteiger partial charge in [-0.2, -0.15) is 10.2 Å². The summed E-state index contributed by atoms with van der Waals surface area (Å²) in [5.74, 6) is 1.53. The van der Waals surface area contributed by atoms with Gasteiger partial charge >= 0.3 is 0 Å². The lowest BCUT2D eigenvalue weighted by atomic mass is 9.86. The summed E-state index contributed by atoms with van der Waals surface area (Å²) in [6, 6.07) is 88.9. The molecule has 13 nitrogen and oxygen atoms in total. The van der Waals surface area contributed by atoms with Crippen LogP contribution in [0.5, 0.6) is 0 Å². The molecular formula is C94H85FN10O3S2. The second-order valence-electron chi connectivity index (χ2n) is 27.3. The van der Waals surface area contributed by atoms with Crippen molar-refractivity contribution in [2.75, 3.05) is 12.8 Å². The zero-order valence-electron chi connectivity index (χ0n) is 62.3. The van der Waals surface area contributed by atoms with Gasteiger partial charge in [-0.1, -0.05) is 248 Å². The van der Waals surface area contributed by atoms with E-state index in [0.717, 1.165) is 107 Å². The third kappa shape index (κ3) is 18.7. The fourth-order valence-corrected chi connectivity index (χ4v) is 14.2. The van der Waals surface area contributed by atoms with E-state index in [1.165, 1.54) is 65.1 Å². The number of para-hydroxylation sites is 1. The standard InChI is InChI=1S/C29H21FN2O.C24H22N2S.C21H23N3OS.C20H19N3O/c1-19-6-5-9-24(18-19)29-31-26(20-7-3-2-4-8-20)27(32-29)21-10-12-22(13-11-21)28(33)23-14-16-25(30)17-15-23;1-16-4-8-18(9-5-16)22-23(19-10-6-17(2)7-11-19)26-24(25-22)20-12-14-21(27-3)15-13-20;1-15-8-5-6-11-18(15)22-21(25)17-14-24(16-9-3-2-4-10-16)23-20(17)19-12-7-13-26-19;1-3-13-21-20(24)18-14-23(17-11-9-15(2)10-12-17)22-19(18)16-7-5-4-6-8-16/h2-18H,1H3,(H,31,32);4-15H,1-3H3,(H,25,26);2-4,7,9-10,12-15,18H,5-6,8,11H2,1H3,(H,22,25);3-12,14H,1,13H2,2H3,(H,21,24). The Morgan fingerprint density at radius 2 is 0.973 bits per heavy atom. The van der Waals surface area contributed by atoms with Gasteiger partial charge in [0.1, 0.15) is 28.9 Å². The van der Waals surface area contributed by atoms with E-state index < -0.39 is 0 Å². The summed E-state index contributed by atoms with van der Waals surface area (Å²) in [7, 11) is 0. The lowest BCUT2D eigenvalue weighted by molar-refractivity contribution is 0.0909. The van der Waals surface area contributed by atoms with E-state index >= 15 is 0 Å². The number of thioether (sulfide) groups is 1. The van der Waals surface area contributed by atoms with Crippen LogP contribution in [0.3, 0.4) is 0 Å². The molecule has 110 heavy (non-hydrogen) atoms. The molecule has 0 bridgehead atoms. The fraction of sp³-hybridized carbons (Fsp3) is 0.138. The van der Waals surface area contributed by atoms with Crippen molar-refractivity contribution in [3.8, 4) is 101 Å². The van der Waals surface area contributed by atoms with Crippen LogP contribution in [0.2, 0.25) is 0 Å². The molecule has 548 valence electrons. The lowest BCUT2D eigenvalue weighted by Crippen LogP contribution is -2.41. The molecule has 5 heterocycles. The largest absolute Gasteiger partial charge is 0.349 e. The first-order chi connectivity index (χ1) is 53.6. The Bertz CT molecular complexity index is 5500. The number of carbonyl (C=O) groups is 3. The number of benzene rings is 10. The molecule has 1 saturated carbocycles. The van der Waals surface area contributed by atoms with Gasteiger partial charge < -0.3 is 20.6 Å². The number of aromatic amines is 2. The maximum atomic E-state index is 13.2. The molecule has 0 aliphatic heterocycles. The smallest absolute Gasteiger partial charge is 0.255 e. The number of H-pyrrole nitrogens is 2. The van der Waals surface area contributed by atoms with Crippen molar-refractivity contribution in [1.29, 1.82) is 0 Å². The number of aromatic nitrogens is 8. The van der Waals surface area contributed by atoms with Gasteiger partial charge in [0, 0.05) is 79.9 Å². The van der Waals surface area contributed by atoms with Gasteiger partial charge in [0.2, 0.25) is 0 Å². The SMILES string of the molecule is C=CCNC(=O)c1cn(-c2ccc(C)cc2)nc1-c1ccccc1.CC1CCCCC1NC(=O)c1cn(-c2ccccc2)nc1-c1cccs1.CSc1ccc(-c2nc(-c3ccc(C)cc3)c(-c3ccc(C)cc3)[nH]2)cc1.Cc1cccc(-c2nc(-c3ccccc3)c(-c3ccc(C(=O)c4ccc(F)cc4)cc3)[nH]2)c1. The molecule has 0 saturated heterocycles. The molecule has 0 radical (unpaired) electrons. The lowest BCUT2D eigenvalue weighted by Gasteiger charge is -2.29. The Morgan fingerprint density at radius 3 is 1.52 bits per heavy atom. The molecule has 10 aromatic carbocycles. The van der Waals surface area contributed by atoms with Crippen molar-refractivity contribution in [3.63, 3.8) is 0 Å². The monoisotopic (exact) mass is 1480 g/mol. The van der Waals surface area contributed by atoms with Crippen molar-refractivity contribution in [2.45, 2.75) is 71.2 Å². The first kappa shape index (κ1) is 75.6. The average molecular weight is 1490 g/mol. The van der Waals surface area contributed by atoms with Crippen LogP contribution in [-0.4, -0.2) is 75.9 Å². The summed E-state index contributed by atoms with van der Waals surface area (Å²) in [5.41, 5.74) is 21.3. The van der Waals surface area contributed by atoms with Gasteiger partial charge in [0.05, 0.1) is 50.2 Å². The number of carbonyl (C=O) groups excluding carboxylic acids is 3. The van der Waals surface area contributed by atoms with Gasteiger partial charge in [-0.05, 0) is 131 Å². The van der Waals surface area contributed by atoms with Crippen molar-refractivity contribution in [1.82, 2.24) is 50.1 Å². The van der Waals surface area contributed by atoms with Crippen molar-refractivity contribution < 1.29 is 18.8 Å². The molecule has 1 fully saturated rings. The summed E-state index contributed by atoms with van der Waals surface area (Å²) >= 11 is 3.35. The number of thiophene rings is 1. The Balaban J connectivity index is 0.000000130. The number of halogens is 1. The van der Waals surface area contributed by atoms with E-state index in [2.05, 4.69) is 151 Å². The highest BCUT2D eigenvalue weighted by Gasteiger charge is 2.27. The fourth-order valence-electron chi connectivity index (χ4n) is 13.0. The van der Waals surface area contributed by atoms with E-state index in [4.69, 9.17) is 15.1 Å². The van der Waals surface area contributed by atoms with Crippen molar-refractivity contribution in [2.24, 2.45) is 5.92 Å². The summed E-state index contributed by atoms with van der Waals surface area (Å²) in [5, 5.41) is 17.5. The van der Waals surface area contributed by atoms with Gasteiger partial charge in [0.25, 0.3) is 11.8 Å². The maximum Gasteiger partial charge on any atom is 0.255 e. The third-order valence-corrected chi connectivity index (χ3v) is 20.8. The molecule has 1 aliphatic carbocycles. The van der Waals surface area contributed by atoms with Crippen molar-refractivity contribution in [3.05, 3.63) is 354 Å². The summed E-state index contributed by atoms with van der Waals surface area (Å²) < 4.78 is 16.7. The molecule has 1 aliphatic rings. The predicted molar refractivity (Wildman–Crippen MR) is 448 cm³/mol. The van der Waals surface area contributed by atoms with Crippen LogP contribution in [0.25, 0.3) is 101 Å². The number of hydrogen-bond acceptors (Lipinski definition) is 9.